The minimum absolute atomic E-state index is 0.252. The topological polar surface area (TPSA) is 81.5 Å². The Hall–Kier alpha value is -3.23. The summed E-state index contributed by atoms with van der Waals surface area (Å²) in [6, 6.07) is 17.7. The summed E-state index contributed by atoms with van der Waals surface area (Å²) >= 11 is 0. The van der Waals surface area contributed by atoms with Gasteiger partial charge in [0.25, 0.3) is 5.91 Å². The van der Waals surface area contributed by atoms with E-state index in [1.54, 1.807) is 10.9 Å². The van der Waals surface area contributed by atoms with Gasteiger partial charge in [0.05, 0.1) is 26.0 Å². The molecule has 3 aromatic rings. The number of nitrogens with zero attached hydrogens (tertiary/aromatic N) is 4. The molecule has 31 heavy (non-hydrogen) atoms. The molecule has 0 saturated carbocycles. The lowest BCUT2D eigenvalue weighted by atomic mass is 10.2. The predicted octanol–water partition coefficient (Wildman–Crippen LogP) is 1.97. The number of morpholine rings is 1. The molecule has 8 nitrogen and oxygen atoms in total. The van der Waals surface area contributed by atoms with Crippen LogP contribution in [0, 0.1) is 0 Å². The van der Waals surface area contributed by atoms with E-state index in [0.29, 0.717) is 25.4 Å². The van der Waals surface area contributed by atoms with Crippen molar-refractivity contribution in [2.75, 3.05) is 39.5 Å². The first kappa shape index (κ1) is 21.0. The third kappa shape index (κ3) is 6.37. The van der Waals surface area contributed by atoms with Crippen LogP contribution in [0.1, 0.15) is 21.6 Å². The largest absolute Gasteiger partial charge is 0.492 e. The summed E-state index contributed by atoms with van der Waals surface area (Å²) in [7, 11) is 0. The Bertz CT molecular complexity index is 970. The van der Waals surface area contributed by atoms with Gasteiger partial charge in [0.15, 0.2) is 5.69 Å². The summed E-state index contributed by atoms with van der Waals surface area (Å²) in [6.45, 7) is 5.94. The molecule has 1 fully saturated rings. The average Bonchev–Trinajstić information content (AvgIpc) is 3.28. The second-order valence-corrected chi connectivity index (χ2v) is 7.42. The molecule has 1 aliphatic rings. The first-order chi connectivity index (χ1) is 15.3. The van der Waals surface area contributed by atoms with E-state index in [4.69, 9.17) is 9.47 Å². The second kappa shape index (κ2) is 10.7. The smallest absolute Gasteiger partial charge is 0.273 e. The van der Waals surface area contributed by atoms with E-state index in [9.17, 15) is 4.79 Å². The van der Waals surface area contributed by atoms with E-state index in [1.807, 2.05) is 54.6 Å². The number of amides is 1. The van der Waals surface area contributed by atoms with Crippen molar-refractivity contribution in [3.8, 4) is 5.75 Å². The minimum Gasteiger partial charge on any atom is -0.492 e. The highest BCUT2D eigenvalue weighted by molar-refractivity contribution is 5.91. The Morgan fingerprint density at radius 3 is 2.71 bits per heavy atom. The molecule has 1 aliphatic heterocycles. The molecule has 1 N–H and O–H groups in total. The van der Waals surface area contributed by atoms with Crippen LogP contribution >= 0.6 is 0 Å². The van der Waals surface area contributed by atoms with Gasteiger partial charge in [-0.05, 0) is 23.3 Å². The molecule has 0 radical (unpaired) electrons. The molecule has 8 heteroatoms. The van der Waals surface area contributed by atoms with E-state index in [1.165, 1.54) is 0 Å². The Morgan fingerprint density at radius 2 is 1.87 bits per heavy atom. The van der Waals surface area contributed by atoms with Crippen LogP contribution in [0.5, 0.6) is 5.75 Å². The first-order valence-electron chi connectivity index (χ1n) is 10.5. The van der Waals surface area contributed by atoms with Crippen LogP contribution in [0.2, 0.25) is 0 Å². The van der Waals surface area contributed by atoms with Gasteiger partial charge in [-0.3, -0.25) is 9.69 Å². The summed E-state index contributed by atoms with van der Waals surface area (Å²) in [5, 5.41) is 10.9. The maximum absolute atomic E-state index is 12.4. The van der Waals surface area contributed by atoms with Gasteiger partial charge < -0.3 is 14.8 Å². The summed E-state index contributed by atoms with van der Waals surface area (Å²) in [5.41, 5.74) is 2.37. The van der Waals surface area contributed by atoms with Crippen LogP contribution in [0.4, 0.5) is 0 Å². The van der Waals surface area contributed by atoms with Crippen molar-refractivity contribution in [2.24, 2.45) is 0 Å². The van der Waals surface area contributed by atoms with Crippen molar-refractivity contribution in [3.05, 3.63) is 77.6 Å². The predicted molar refractivity (Wildman–Crippen MR) is 116 cm³/mol. The molecule has 0 atom stereocenters. The number of carbonyl (C=O) groups excluding carboxylic acids is 1. The summed E-state index contributed by atoms with van der Waals surface area (Å²) in [6.07, 6.45) is 1.66. The van der Waals surface area contributed by atoms with Crippen molar-refractivity contribution < 1.29 is 14.3 Å². The van der Waals surface area contributed by atoms with Crippen LogP contribution < -0.4 is 10.1 Å². The van der Waals surface area contributed by atoms with Crippen molar-refractivity contribution >= 4 is 5.91 Å². The van der Waals surface area contributed by atoms with Crippen molar-refractivity contribution in [3.63, 3.8) is 0 Å². The van der Waals surface area contributed by atoms with E-state index < -0.39 is 0 Å². The number of benzene rings is 2. The fraction of sp³-hybridized carbons (Fsp3) is 0.348. The van der Waals surface area contributed by atoms with E-state index >= 15 is 0 Å². The zero-order valence-electron chi connectivity index (χ0n) is 17.4. The lowest BCUT2D eigenvalue weighted by Gasteiger charge is -2.26. The second-order valence-electron chi connectivity index (χ2n) is 7.42. The number of ether oxygens (including phenoxy) is 2. The lowest BCUT2D eigenvalue weighted by molar-refractivity contribution is 0.0322. The summed E-state index contributed by atoms with van der Waals surface area (Å²) in [4.78, 5) is 14.8. The number of carbonyl (C=O) groups is 1. The Balaban J connectivity index is 1.24. The van der Waals surface area contributed by atoms with Crippen LogP contribution in [0.3, 0.4) is 0 Å². The number of nitrogens with one attached hydrogen (secondary N) is 1. The molecule has 1 amide bonds. The first-order valence-corrected chi connectivity index (χ1v) is 10.5. The van der Waals surface area contributed by atoms with Gasteiger partial charge in [-0.25, -0.2) is 4.68 Å². The third-order valence-corrected chi connectivity index (χ3v) is 5.09. The SMILES string of the molecule is O=C(NCc1cccc(OCCN2CCOCC2)c1)c1cn(Cc2ccccc2)nn1. The van der Waals surface area contributed by atoms with Gasteiger partial charge in [-0.15, -0.1) is 5.10 Å². The van der Waals surface area contributed by atoms with E-state index in [0.717, 1.165) is 49.7 Å². The van der Waals surface area contributed by atoms with Crippen molar-refractivity contribution in [1.29, 1.82) is 0 Å². The van der Waals surface area contributed by atoms with Crippen LogP contribution in [-0.2, 0) is 17.8 Å². The summed E-state index contributed by atoms with van der Waals surface area (Å²) < 4.78 is 12.9. The number of aromatic nitrogens is 3. The number of rotatable bonds is 9. The highest BCUT2D eigenvalue weighted by Crippen LogP contribution is 2.13. The molecule has 0 aliphatic carbocycles. The zero-order chi connectivity index (χ0) is 21.3. The summed E-state index contributed by atoms with van der Waals surface area (Å²) in [5.74, 6) is 0.548. The van der Waals surface area contributed by atoms with Crippen LogP contribution in [-0.4, -0.2) is 65.3 Å². The number of hydrogen-bond acceptors (Lipinski definition) is 6. The maximum atomic E-state index is 12.4. The Labute approximate surface area is 181 Å². The monoisotopic (exact) mass is 421 g/mol. The van der Waals surface area contributed by atoms with Crippen LogP contribution in [0.15, 0.2) is 60.8 Å². The molecule has 0 bridgehead atoms. The molecule has 2 aromatic carbocycles. The fourth-order valence-corrected chi connectivity index (χ4v) is 3.39. The molecule has 1 saturated heterocycles. The van der Waals surface area contributed by atoms with Gasteiger partial charge >= 0.3 is 0 Å². The third-order valence-electron chi connectivity index (χ3n) is 5.09. The normalized spacial score (nSPS) is 14.3. The van der Waals surface area contributed by atoms with Crippen molar-refractivity contribution in [2.45, 2.75) is 13.1 Å². The molecule has 1 aromatic heterocycles. The van der Waals surface area contributed by atoms with E-state index in [-0.39, 0.29) is 5.91 Å². The Morgan fingerprint density at radius 1 is 1.06 bits per heavy atom. The zero-order valence-corrected chi connectivity index (χ0v) is 17.4. The van der Waals surface area contributed by atoms with Gasteiger partial charge in [0.2, 0.25) is 0 Å². The Kier molecular flexibility index (Phi) is 7.25. The van der Waals surface area contributed by atoms with Gasteiger partial charge in [-0.2, -0.15) is 0 Å². The highest BCUT2D eigenvalue weighted by Gasteiger charge is 2.12. The van der Waals surface area contributed by atoms with E-state index in [2.05, 4.69) is 20.5 Å². The molecular weight excluding hydrogens is 394 g/mol. The molecule has 2 heterocycles. The standard InChI is InChI=1S/C23H27N5O3/c29-23(22-18-28(26-25-22)17-19-5-2-1-3-6-19)24-16-20-7-4-8-21(15-20)31-14-11-27-9-12-30-13-10-27/h1-8,15,18H,9-14,16-17H2,(H,24,29). The number of hydrogen-bond donors (Lipinski definition) is 1. The molecular formula is C23H27N5O3. The molecule has 0 spiro atoms. The van der Waals surface area contributed by atoms with Gasteiger partial charge in [-0.1, -0.05) is 47.7 Å². The molecule has 0 unspecified atom stereocenters. The minimum atomic E-state index is -0.252. The fourth-order valence-electron chi connectivity index (χ4n) is 3.39. The quantitative estimate of drug-likeness (QED) is 0.569. The average molecular weight is 422 g/mol. The van der Waals surface area contributed by atoms with Crippen molar-refractivity contribution in [1.82, 2.24) is 25.2 Å². The molecule has 162 valence electrons. The van der Waals surface area contributed by atoms with Gasteiger partial charge in [0.1, 0.15) is 12.4 Å². The highest BCUT2D eigenvalue weighted by atomic mass is 16.5. The maximum Gasteiger partial charge on any atom is 0.273 e. The van der Waals surface area contributed by atoms with Gasteiger partial charge in [0, 0.05) is 26.2 Å². The lowest BCUT2D eigenvalue weighted by Crippen LogP contribution is -2.38. The van der Waals surface area contributed by atoms with Crippen LogP contribution in [0.25, 0.3) is 0 Å². The molecule has 4 rings (SSSR count).